The lowest BCUT2D eigenvalue weighted by Crippen LogP contribution is -2.41. The highest BCUT2D eigenvalue weighted by atomic mass is 19.4. The summed E-state index contributed by atoms with van der Waals surface area (Å²) in [4.78, 5) is 38.9. The number of halogens is 3. The molecule has 9 heteroatoms. The molecule has 0 bridgehead atoms. The summed E-state index contributed by atoms with van der Waals surface area (Å²) in [6.07, 6.45) is -8.76. The van der Waals surface area contributed by atoms with Crippen LogP contribution in [-0.4, -0.2) is 42.4 Å². The van der Waals surface area contributed by atoms with E-state index in [1.807, 2.05) is 39.8 Å². The average Bonchev–Trinajstić information content (AvgIpc) is 2.82. The van der Waals surface area contributed by atoms with Crippen molar-refractivity contribution < 1.29 is 41.8 Å². The monoisotopic (exact) mass is 548 g/mol. The third-order valence-electron chi connectivity index (χ3n) is 7.32. The largest absolute Gasteiger partial charge is 0.459 e. The molecule has 0 radical (unpaired) electrons. The normalized spacial score (nSPS) is 20.2. The fourth-order valence-electron chi connectivity index (χ4n) is 4.87. The van der Waals surface area contributed by atoms with Gasteiger partial charge < -0.3 is 14.2 Å². The predicted molar refractivity (Wildman–Crippen MR) is 139 cm³/mol. The molecule has 1 fully saturated rings. The van der Waals surface area contributed by atoms with Gasteiger partial charge in [0.1, 0.15) is 12.2 Å². The molecule has 0 spiro atoms. The van der Waals surface area contributed by atoms with Gasteiger partial charge in [-0.3, -0.25) is 4.79 Å². The van der Waals surface area contributed by atoms with Crippen LogP contribution < -0.4 is 0 Å². The van der Waals surface area contributed by atoms with Crippen molar-refractivity contribution in [1.29, 1.82) is 0 Å². The van der Waals surface area contributed by atoms with Crippen LogP contribution in [0.3, 0.4) is 0 Å². The summed E-state index contributed by atoms with van der Waals surface area (Å²) in [5, 5.41) is 0. The first-order valence-electron chi connectivity index (χ1n) is 12.9. The Kier molecular flexibility index (Phi) is 9.13. The van der Waals surface area contributed by atoms with Crippen molar-refractivity contribution in [2.24, 2.45) is 5.92 Å². The van der Waals surface area contributed by atoms with Crippen LogP contribution in [0.1, 0.15) is 80.3 Å². The molecule has 2 aromatic carbocycles. The number of rotatable bonds is 6. The fraction of sp³-hybridized carbons (Fsp3) is 0.500. The summed E-state index contributed by atoms with van der Waals surface area (Å²) in [5.74, 6) is -3.36. The molecule has 1 saturated carbocycles. The molecule has 3 atom stereocenters. The molecule has 0 N–H and O–H groups in total. The van der Waals surface area contributed by atoms with E-state index in [2.05, 4.69) is 4.74 Å². The highest BCUT2D eigenvalue weighted by Gasteiger charge is 2.43. The minimum Gasteiger partial charge on any atom is -0.459 e. The molecule has 0 heterocycles. The van der Waals surface area contributed by atoms with Crippen molar-refractivity contribution in [2.75, 3.05) is 0 Å². The van der Waals surface area contributed by atoms with Crippen LogP contribution in [0.2, 0.25) is 0 Å². The van der Waals surface area contributed by atoms with E-state index < -0.39 is 48.3 Å². The number of benzene rings is 2. The first kappa shape index (κ1) is 30.2. The standard InChI is InChI=1S/C30H35F3O6/c1-15-8-17(3)19(5)25(10-15)28(35)38-23-12-22(27(34)37-21(7)30(31,32)33)13-24(14-23)39-29(36)26-11-16(2)9-18(4)20(26)6/h8-11,21-24H,12-14H2,1-7H3. The van der Waals surface area contributed by atoms with Crippen LogP contribution in [0, 0.1) is 47.5 Å². The molecule has 1 aliphatic carbocycles. The molecule has 0 amide bonds. The zero-order chi connectivity index (χ0) is 29.2. The number of carbonyl (C=O) groups excluding carboxylic acids is 3. The summed E-state index contributed by atoms with van der Waals surface area (Å²) >= 11 is 0. The Bertz CT molecular complexity index is 1190. The molecule has 0 aromatic heterocycles. The highest BCUT2D eigenvalue weighted by Crippen LogP contribution is 2.33. The SMILES string of the molecule is Cc1cc(C)c(C)c(C(=O)OC2CC(OC(=O)c3cc(C)cc(C)c3C)CC(C(=O)OC(C)C(F)(F)F)C2)c1. The van der Waals surface area contributed by atoms with E-state index in [-0.39, 0.29) is 19.3 Å². The summed E-state index contributed by atoms with van der Waals surface area (Å²) in [7, 11) is 0. The summed E-state index contributed by atoms with van der Waals surface area (Å²) in [6, 6.07) is 7.27. The van der Waals surface area contributed by atoms with Gasteiger partial charge in [-0.2, -0.15) is 13.2 Å². The highest BCUT2D eigenvalue weighted by molar-refractivity contribution is 5.92. The van der Waals surface area contributed by atoms with Gasteiger partial charge in [0.05, 0.1) is 17.0 Å². The molecule has 3 rings (SSSR count). The van der Waals surface area contributed by atoms with E-state index in [1.54, 1.807) is 26.0 Å². The van der Waals surface area contributed by atoms with E-state index in [4.69, 9.17) is 9.47 Å². The summed E-state index contributed by atoms with van der Waals surface area (Å²) < 4.78 is 55.3. The number of ether oxygens (including phenoxy) is 3. The van der Waals surface area contributed by atoms with E-state index in [1.165, 1.54) is 0 Å². The van der Waals surface area contributed by atoms with Crippen molar-refractivity contribution >= 4 is 17.9 Å². The summed E-state index contributed by atoms with van der Waals surface area (Å²) in [5.41, 5.74) is 5.75. The maximum atomic E-state index is 13.1. The number of carbonyl (C=O) groups is 3. The Morgan fingerprint density at radius 3 is 1.54 bits per heavy atom. The molecule has 6 nitrogen and oxygen atoms in total. The number of hydrogen-bond acceptors (Lipinski definition) is 6. The van der Waals surface area contributed by atoms with Crippen LogP contribution in [0.15, 0.2) is 24.3 Å². The molecule has 1 aliphatic rings. The minimum atomic E-state index is -4.72. The zero-order valence-corrected chi connectivity index (χ0v) is 23.3. The molecule has 2 aromatic rings. The van der Waals surface area contributed by atoms with E-state index in [0.29, 0.717) is 11.1 Å². The van der Waals surface area contributed by atoms with Gasteiger partial charge >= 0.3 is 24.1 Å². The van der Waals surface area contributed by atoms with E-state index in [9.17, 15) is 27.6 Å². The van der Waals surface area contributed by atoms with Crippen molar-refractivity contribution in [3.8, 4) is 0 Å². The fourth-order valence-corrected chi connectivity index (χ4v) is 4.87. The van der Waals surface area contributed by atoms with Crippen molar-refractivity contribution in [2.45, 2.75) is 92.2 Å². The Morgan fingerprint density at radius 1 is 0.744 bits per heavy atom. The van der Waals surface area contributed by atoms with Crippen LogP contribution in [0.4, 0.5) is 13.2 Å². The van der Waals surface area contributed by atoms with Gasteiger partial charge in [0.25, 0.3) is 0 Å². The van der Waals surface area contributed by atoms with E-state index in [0.717, 1.165) is 40.3 Å². The topological polar surface area (TPSA) is 78.9 Å². The lowest BCUT2D eigenvalue weighted by Gasteiger charge is -2.34. The predicted octanol–water partition coefficient (Wildman–Crippen LogP) is 6.58. The second kappa shape index (κ2) is 11.8. The van der Waals surface area contributed by atoms with Crippen LogP contribution in [0.25, 0.3) is 0 Å². The van der Waals surface area contributed by atoms with Gasteiger partial charge in [-0.1, -0.05) is 12.1 Å². The molecular weight excluding hydrogens is 513 g/mol. The third kappa shape index (κ3) is 7.40. The van der Waals surface area contributed by atoms with Crippen molar-refractivity contribution in [3.63, 3.8) is 0 Å². The first-order valence-corrected chi connectivity index (χ1v) is 12.9. The van der Waals surface area contributed by atoms with Gasteiger partial charge in [0.2, 0.25) is 0 Å². The Labute approximate surface area is 226 Å². The van der Waals surface area contributed by atoms with E-state index >= 15 is 0 Å². The number of hydrogen-bond donors (Lipinski definition) is 0. The average molecular weight is 549 g/mol. The van der Waals surface area contributed by atoms with Gasteiger partial charge in [-0.25, -0.2) is 9.59 Å². The summed E-state index contributed by atoms with van der Waals surface area (Å²) in [6.45, 7) is 11.8. The molecule has 212 valence electrons. The minimum absolute atomic E-state index is 0.0460. The maximum absolute atomic E-state index is 13.1. The lowest BCUT2D eigenvalue weighted by atomic mass is 9.85. The second-order valence-electron chi connectivity index (χ2n) is 10.6. The lowest BCUT2D eigenvalue weighted by molar-refractivity contribution is -0.219. The molecule has 39 heavy (non-hydrogen) atoms. The quantitative estimate of drug-likeness (QED) is 0.300. The van der Waals surface area contributed by atoms with Gasteiger partial charge in [0.15, 0.2) is 6.10 Å². The smallest absolute Gasteiger partial charge is 0.425 e. The first-order chi connectivity index (χ1) is 18.1. The van der Waals surface area contributed by atoms with Crippen LogP contribution in [-0.2, 0) is 19.0 Å². The number of alkyl halides is 3. The number of aryl methyl sites for hydroxylation is 4. The second-order valence-corrected chi connectivity index (χ2v) is 10.6. The Balaban J connectivity index is 1.84. The van der Waals surface area contributed by atoms with Gasteiger partial charge in [-0.05, 0) is 107 Å². The Morgan fingerprint density at radius 2 is 1.15 bits per heavy atom. The molecule has 3 unspecified atom stereocenters. The third-order valence-corrected chi connectivity index (χ3v) is 7.32. The maximum Gasteiger partial charge on any atom is 0.425 e. The van der Waals surface area contributed by atoms with Gasteiger partial charge in [-0.15, -0.1) is 0 Å². The molecule has 0 aliphatic heterocycles. The Hall–Kier alpha value is -3.36. The zero-order valence-electron chi connectivity index (χ0n) is 23.3. The van der Waals surface area contributed by atoms with Gasteiger partial charge in [0, 0.05) is 6.42 Å². The number of esters is 3. The van der Waals surface area contributed by atoms with Crippen LogP contribution >= 0.6 is 0 Å². The molecule has 0 saturated heterocycles. The molecular formula is C30H35F3O6. The van der Waals surface area contributed by atoms with Crippen molar-refractivity contribution in [1.82, 2.24) is 0 Å². The van der Waals surface area contributed by atoms with Crippen LogP contribution in [0.5, 0.6) is 0 Å². The van der Waals surface area contributed by atoms with Crippen molar-refractivity contribution in [3.05, 3.63) is 68.8 Å².